The van der Waals surface area contributed by atoms with Gasteiger partial charge in [-0.25, -0.2) is 0 Å². The van der Waals surface area contributed by atoms with Gasteiger partial charge >= 0.3 is 0 Å². The average molecular weight is 236 g/mol. The van der Waals surface area contributed by atoms with E-state index in [4.69, 9.17) is 10.8 Å². The van der Waals surface area contributed by atoms with Crippen LogP contribution in [-0.2, 0) is 11.2 Å². The van der Waals surface area contributed by atoms with Gasteiger partial charge in [-0.3, -0.25) is 4.79 Å². The molecule has 0 aliphatic rings. The number of aryl methyl sites for hydroxylation is 1. The SMILES string of the molecule is CCN(CCO)C(=O)CCc1ccccc1N. The van der Waals surface area contributed by atoms with E-state index in [-0.39, 0.29) is 12.5 Å². The fraction of sp³-hybridized carbons (Fsp3) is 0.462. The highest BCUT2D eigenvalue weighted by atomic mass is 16.3. The van der Waals surface area contributed by atoms with Crippen LogP contribution in [0.15, 0.2) is 24.3 Å². The van der Waals surface area contributed by atoms with Gasteiger partial charge in [0.25, 0.3) is 0 Å². The molecule has 0 saturated heterocycles. The molecule has 3 N–H and O–H groups in total. The number of rotatable bonds is 6. The van der Waals surface area contributed by atoms with Gasteiger partial charge in [0.1, 0.15) is 0 Å². The minimum atomic E-state index is 0.00700. The number of carbonyl (C=O) groups is 1. The standard InChI is InChI=1S/C13H20N2O2/c1-2-15(9-10-16)13(17)8-7-11-5-3-4-6-12(11)14/h3-6,16H,2,7-10,14H2,1H3. The fourth-order valence-electron chi connectivity index (χ4n) is 1.74. The van der Waals surface area contributed by atoms with E-state index < -0.39 is 0 Å². The highest BCUT2D eigenvalue weighted by molar-refractivity contribution is 5.76. The minimum absolute atomic E-state index is 0.00700. The number of likely N-dealkylation sites (N-methyl/N-ethyl adjacent to an activating group) is 1. The largest absolute Gasteiger partial charge is 0.399 e. The topological polar surface area (TPSA) is 66.6 Å². The van der Waals surface area contributed by atoms with Crippen molar-refractivity contribution in [2.75, 3.05) is 25.4 Å². The van der Waals surface area contributed by atoms with Crippen molar-refractivity contribution in [1.29, 1.82) is 0 Å². The van der Waals surface area contributed by atoms with Gasteiger partial charge in [-0.2, -0.15) is 0 Å². The second kappa shape index (κ2) is 6.91. The van der Waals surface area contributed by atoms with Crippen LogP contribution in [0.5, 0.6) is 0 Å². The maximum Gasteiger partial charge on any atom is 0.222 e. The number of benzene rings is 1. The maximum absolute atomic E-state index is 11.8. The van der Waals surface area contributed by atoms with Crippen molar-refractivity contribution >= 4 is 11.6 Å². The molecule has 4 heteroatoms. The van der Waals surface area contributed by atoms with Crippen LogP contribution in [-0.4, -0.2) is 35.6 Å². The maximum atomic E-state index is 11.8. The molecule has 0 spiro atoms. The van der Waals surface area contributed by atoms with Crippen LogP contribution < -0.4 is 5.73 Å². The Kier molecular flexibility index (Phi) is 5.49. The lowest BCUT2D eigenvalue weighted by molar-refractivity contribution is -0.131. The summed E-state index contributed by atoms with van der Waals surface area (Å²) in [6, 6.07) is 7.57. The van der Waals surface area contributed by atoms with Gasteiger partial charge in [-0.1, -0.05) is 18.2 Å². The van der Waals surface area contributed by atoms with Gasteiger partial charge < -0.3 is 15.7 Å². The molecule has 1 aromatic rings. The van der Waals surface area contributed by atoms with Crippen molar-refractivity contribution in [1.82, 2.24) is 4.90 Å². The van der Waals surface area contributed by atoms with Gasteiger partial charge in [0, 0.05) is 25.2 Å². The van der Waals surface area contributed by atoms with Gasteiger partial charge in [0.15, 0.2) is 0 Å². The van der Waals surface area contributed by atoms with Crippen LogP contribution in [0.2, 0.25) is 0 Å². The first-order valence-corrected chi connectivity index (χ1v) is 5.91. The van der Waals surface area contributed by atoms with Gasteiger partial charge in [0.05, 0.1) is 6.61 Å². The highest BCUT2D eigenvalue weighted by Gasteiger charge is 2.11. The first-order valence-electron chi connectivity index (χ1n) is 5.91. The Balaban J connectivity index is 2.50. The first-order chi connectivity index (χ1) is 8.19. The number of carbonyl (C=O) groups excluding carboxylic acids is 1. The lowest BCUT2D eigenvalue weighted by atomic mass is 10.1. The molecule has 0 heterocycles. The van der Waals surface area contributed by atoms with Crippen LogP contribution in [0, 0.1) is 0 Å². The molecule has 0 saturated carbocycles. The van der Waals surface area contributed by atoms with E-state index in [1.54, 1.807) is 4.90 Å². The molecule has 0 radical (unpaired) electrons. The second-order valence-electron chi connectivity index (χ2n) is 3.90. The highest BCUT2D eigenvalue weighted by Crippen LogP contribution is 2.13. The van der Waals surface area contributed by atoms with E-state index in [1.807, 2.05) is 31.2 Å². The third-order valence-electron chi connectivity index (χ3n) is 2.77. The third-order valence-corrected chi connectivity index (χ3v) is 2.77. The number of nitrogens with zero attached hydrogens (tertiary/aromatic N) is 1. The van der Waals surface area contributed by atoms with Crippen molar-refractivity contribution in [2.45, 2.75) is 19.8 Å². The quantitative estimate of drug-likeness (QED) is 0.725. The average Bonchev–Trinajstić information content (AvgIpc) is 2.34. The van der Waals surface area contributed by atoms with Crippen molar-refractivity contribution in [3.63, 3.8) is 0 Å². The molecule has 4 nitrogen and oxygen atoms in total. The number of aliphatic hydroxyl groups is 1. The first kappa shape index (κ1) is 13.5. The van der Waals surface area contributed by atoms with Crippen molar-refractivity contribution in [2.24, 2.45) is 0 Å². The predicted octanol–water partition coefficient (Wildman–Crippen LogP) is 1.04. The van der Waals surface area contributed by atoms with Crippen LogP contribution >= 0.6 is 0 Å². The smallest absolute Gasteiger partial charge is 0.222 e. The third kappa shape index (κ3) is 4.07. The summed E-state index contributed by atoms with van der Waals surface area (Å²) in [6.07, 6.45) is 1.08. The molecule has 1 rings (SSSR count). The lowest BCUT2D eigenvalue weighted by Gasteiger charge is -2.19. The Morgan fingerprint density at radius 3 is 2.71 bits per heavy atom. The fourth-order valence-corrected chi connectivity index (χ4v) is 1.74. The molecule has 0 atom stereocenters. The summed E-state index contributed by atoms with van der Waals surface area (Å²) in [6.45, 7) is 2.95. The summed E-state index contributed by atoms with van der Waals surface area (Å²) in [5.41, 5.74) is 7.54. The molecule has 1 aromatic carbocycles. The number of nitrogens with two attached hydrogens (primary N) is 1. The van der Waals surface area contributed by atoms with Gasteiger partial charge in [-0.05, 0) is 25.0 Å². The summed E-state index contributed by atoms with van der Waals surface area (Å²) in [5.74, 6) is 0.0600. The Labute approximate surface area is 102 Å². The van der Waals surface area contributed by atoms with Crippen LogP contribution in [0.4, 0.5) is 5.69 Å². The number of aliphatic hydroxyl groups excluding tert-OH is 1. The zero-order valence-electron chi connectivity index (χ0n) is 10.2. The zero-order chi connectivity index (χ0) is 12.7. The normalized spacial score (nSPS) is 10.2. The molecule has 1 amide bonds. The van der Waals surface area contributed by atoms with E-state index in [9.17, 15) is 4.79 Å². The molecule has 0 fully saturated rings. The monoisotopic (exact) mass is 236 g/mol. The zero-order valence-corrected chi connectivity index (χ0v) is 10.2. The summed E-state index contributed by atoms with van der Waals surface area (Å²) < 4.78 is 0. The van der Waals surface area contributed by atoms with E-state index in [2.05, 4.69) is 0 Å². The Bertz CT molecular complexity index is 366. The number of nitrogen functional groups attached to an aromatic ring is 1. The van der Waals surface area contributed by atoms with Crippen LogP contribution in [0.1, 0.15) is 18.9 Å². The van der Waals surface area contributed by atoms with Crippen molar-refractivity contribution in [3.05, 3.63) is 29.8 Å². The number of anilines is 1. The number of amides is 1. The molecule has 0 unspecified atom stereocenters. The molecule has 94 valence electrons. The Morgan fingerprint density at radius 2 is 2.12 bits per heavy atom. The molecular weight excluding hydrogens is 216 g/mol. The number of para-hydroxylation sites is 1. The summed E-state index contributed by atoms with van der Waals surface area (Å²) in [7, 11) is 0. The van der Waals surface area contributed by atoms with Gasteiger partial charge in [-0.15, -0.1) is 0 Å². The number of hydrogen-bond acceptors (Lipinski definition) is 3. The summed E-state index contributed by atoms with van der Waals surface area (Å²) in [5, 5.41) is 8.83. The summed E-state index contributed by atoms with van der Waals surface area (Å²) >= 11 is 0. The molecule has 17 heavy (non-hydrogen) atoms. The molecule has 0 aliphatic carbocycles. The van der Waals surface area contributed by atoms with E-state index >= 15 is 0 Å². The van der Waals surface area contributed by atoms with Crippen LogP contribution in [0.25, 0.3) is 0 Å². The Morgan fingerprint density at radius 1 is 1.41 bits per heavy atom. The van der Waals surface area contributed by atoms with Gasteiger partial charge in [0.2, 0.25) is 5.91 Å². The van der Waals surface area contributed by atoms with E-state index in [1.165, 1.54) is 0 Å². The van der Waals surface area contributed by atoms with Crippen LogP contribution in [0.3, 0.4) is 0 Å². The predicted molar refractivity (Wildman–Crippen MR) is 68.5 cm³/mol. The Hall–Kier alpha value is -1.55. The molecule has 0 aromatic heterocycles. The molecule has 0 bridgehead atoms. The molecule has 0 aliphatic heterocycles. The molecular formula is C13H20N2O2. The number of hydrogen-bond donors (Lipinski definition) is 2. The van der Waals surface area contributed by atoms with Crippen molar-refractivity contribution in [3.8, 4) is 0 Å². The summed E-state index contributed by atoms with van der Waals surface area (Å²) in [4.78, 5) is 13.5. The second-order valence-corrected chi connectivity index (χ2v) is 3.90. The minimum Gasteiger partial charge on any atom is -0.399 e. The van der Waals surface area contributed by atoms with E-state index in [0.29, 0.717) is 25.9 Å². The lowest BCUT2D eigenvalue weighted by Crippen LogP contribution is -2.33. The van der Waals surface area contributed by atoms with Crippen molar-refractivity contribution < 1.29 is 9.90 Å². The van der Waals surface area contributed by atoms with E-state index in [0.717, 1.165) is 11.3 Å².